The third-order valence-electron chi connectivity index (χ3n) is 4.34. The molecule has 2 amide bonds. The van der Waals surface area contributed by atoms with Crippen LogP contribution in [0.5, 0.6) is 5.75 Å². The number of aromatic hydroxyl groups is 1. The summed E-state index contributed by atoms with van der Waals surface area (Å²) in [4.78, 5) is 24.9. The van der Waals surface area contributed by atoms with Crippen LogP contribution in [0.4, 0.5) is 10.8 Å². The van der Waals surface area contributed by atoms with Gasteiger partial charge in [-0.2, -0.15) is 0 Å². The van der Waals surface area contributed by atoms with Gasteiger partial charge in [0.15, 0.2) is 5.01 Å². The Morgan fingerprint density at radius 1 is 0.844 bits per heavy atom. The van der Waals surface area contributed by atoms with Gasteiger partial charge >= 0.3 is 0 Å². The molecule has 1 heterocycles. The third-order valence-corrected chi connectivity index (χ3v) is 5.72. The zero-order chi connectivity index (χ0) is 22.7. The minimum absolute atomic E-state index is 0.0877. The lowest BCUT2D eigenvalue weighted by molar-refractivity contribution is 0.101. The molecule has 0 bridgehead atoms. The van der Waals surface area contributed by atoms with Gasteiger partial charge in [0.05, 0.1) is 10.6 Å². The third kappa shape index (κ3) is 4.88. The van der Waals surface area contributed by atoms with E-state index in [2.05, 4.69) is 20.8 Å². The minimum atomic E-state index is -0.420. The van der Waals surface area contributed by atoms with Crippen LogP contribution in [0.1, 0.15) is 20.7 Å². The van der Waals surface area contributed by atoms with E-state index in [-0.39, 0.29) is 21.8 Å². The molecule has 4 rings (SSSR count). The predicted molar refractivity (Wildman–Crippen MR) is 126 cm³/mol. The van der Waals surface area contributed by atoms with Crippen molar-refractivity contribution in [2.45, 2.75) is 0 Å². The van der Waals surface area contributed by atoms with Gasteiger partial charge in [-0.1, -0.05) is 52.7 Å². The van der Waals surface area contributed by atoms with Crippen molar-refractivity contribution in [2.75, 3.05) is 10.6 Å². The Balaban J connectivity index is 1.44. The molecule has 0 saturated carbocycles. The monoisotopic (exact) mass is 484 g/mol. The largest absolute Gasteiger partial charge is 0.506 e. The molecule has 7 nitrogen and oxygen atoms in total. The highest BCUT2D eigenvalue weighted by atomic mass is 35.5. The van der Waals surface area contributed by atoms with E-state index in [4.69, 9.17) is 23.2 Å². The van der Waals surface area contributed by atoms with E-state index >= 15 is 0 Å². The summed E-state index contributed by atoms with van der Waals surface area (Å²) < 4.78 is 0. The van der Waals surface area contributed by atoms with Gasteiger partial charge in [-0.05, 0) is 48.5 Å². The van der Waals surface area contributed by atoms with Crippen LogP contribution in [0.2, 0.25) is 10.0 Å². The fourth-order valence-electron chi connectivity index (χ4n) is 2.78. The Kier molecular flexibility index (Phi) is 6.36. The van der Waals surface area contributed by atoms with Crippen LogP contribution < -0.4 is 10.6 Å². The first-order chi connectivity index (χ1) is 15.4. The van der Waals surface area contributed by atoms with Gasteiger partial charge < -0.3 is 10.4 Å². The standard InChI is InChI=1S/C22H14Cl2N4O3S/c23-14-10-16(18(29)17(24)11-14)21-27-28-22(32-21)26-20(31)13-8-6-12(7-9-13)19(30)25-15-4-2-1-3-5-15/h1-11,29H,(H,25,30)(H,26,28,31). The number of nitrogens with one attached hydrogen (secondary N) is 2. The summed E-state index contributed by atoms with van der Waals surface area (Å²) in [5.41, 5.74) is 1.75. The molecule has 32 heavy (non-hydrogen) atoms. The van der Waals surface area contributed by atoms with Gasteiger partial charge in [0, 0.05) is 21.8 Å². The topological polar surface area (TPSA) is 104 Å². The number of para-hydroxylation sites is 1. The van der Waals surface area contributed by atoms with Crippen LogP contribution in [0.15, 0.2) is 66.7 Å². The van der Waals surface area contributed by atoms with Gasteiger partial charge in [0.25, 0.3) is 11.8 Å². The Morgan fingerprint density at radius 3 is 2.12 bits per heavy atom. The molecule has 3 N–H and O–H groups in total. The Hall–Kier alpha value is -3.46. The number of hydrogen-bond acceptors (Lipinski definition) is 6. The molecular weight excluding hydrogens is 471 g/mol. The van der Waals surface area contributed by atoms with E-state index < -0.39 is 5.91 Å². The first kappa shape index (κ1) is 21.8. The molecule has 3 aromatic carbocycles. The summed E-state index contributed by atoms with van der Waals surface area (Å²) in [7, 11) is 0. The average Bonchev–Trinajstić information content (AvgIpc) is 3.25. The molecule has 4 aromatic rings. The van der Waals surface area contributed by atoms with Gasteiger partial charge in [0.1, 0.15) is 5.75 Å². The number of phenolic OH excluding ortho intramolecular Hbond substituents is 1. The summed E-state index contributed by atoms with van der Waals surface area (Å²) in [5.74, 6) is -0.873. The molecule has 10 heteroatoms. The number of aromatic nitrogens is 2. The number of rotatable bonds is 5. The zero-order valence-corrected chi connectivity index (χ0v) is 18.5. The second-order valence-corrected chi connectivity index (χ2v) is 8.37. The maximum Gasteiger partial charge on any atom is 0.257 e. The maximum atomic E-state index is 12.5. The summed E-state index contributed by atoms with van der Waals surface area (Å²) in [5, 5.41) is 24.5. The van der Waals surface area contributed by atoms with Crippen LogP contribution in [0, 0.1) is 0 Å². The minimum Gasteiger partial charge on any atom is -0.506 e. The summed E-state index contributed by atoms with van der Waals surface area (Å²) in [6.07, 6.45) is 0. The van der Waals surface area contributed by atoms with E-state index in [0.29, 0.717) is 32.4 Å². The lowest BCUT2D eigenvalue weighted by atomic mass is 10.1. The number of halogens is 2. The predicted octanol–water partition coefficient (Wildman–Crippen LogP) is 5.72. The van der Waals surface area contributed by atoms with Crippen molar-refractivity contribution in [2.24, 2.45) is 0 Å². The molecule has 160 valence electrons. The summed E-state index contributed by atoms with van der Waals surface area (Å²) in [6.45, 7) is 0. The van der Waals surface area contributed by atoms with Crippen molar-refractivity contribution in [1.29, 1.82) is 0 Å². The molecular formula is C22H14Cl2N4O3S. The van der Waals surface area contributed by atoms with Gasteiger partial charge in [-0.15, -0.1) is 10.2 Å². The number of anilines is 2. The number of carbonyl (C=O) groups is 2. The fraction of sp³-hybridized carbons (Fsp3) is 0. The average molecular weight is 485 g/mol. The SMILES string of the molecule is O=C(Nc1ccccc1)c1ccc(C(=O)Nc2nnc(-c3cc(Cl)cc(Cl)c3O)s2)cc1. The van der Waals surface area contributed by atoms with Crippen LogP contribution in [-0.2, 0) is 0 Å². The normalized spacial score (nSPS) is 10.6. The Bertz CT molecular complexity index is 1290. The Morgan fingerprint density at radius 2 is 1.47 bits per heavy atom. The van der Waals surface area contributed by atoms with Crippen molar-refractivity contribution < 1.29 is 14.7 Å². The van der Waals surface area contributed by atoms with Crippen LogP contribution in [-0.4, -0.2) is 27.1 Å². The number of nitrogens with zero attached hydrogens (tertiary/aromatic N) is 2. The molecule has 0 unspecified atom stereocenters. The van der Waals surface area contributed by atoms with E-state index in [0.717, 1.165) is 11.3 Å². The van der Waals surface area contributed by atoms with Crippen molar-refractivity contribution in [1.82, 2.24) is 10.2 Å². The quantitative estimate of drug-likeness (QED) is 0.335. The summed E-state index contributed by atoms with van der Waals surface area (Å²) >= 11 is 13.0. The highest BCUT2D eigenvalue weighted by molar-refractivity contribution is 7.18. The first-order valence-electron chi connectivity index (χ1n) is 9.20. The molecule has 0 fully saturated rings. The molecule has 0 spiro atoms. The van der Waals surface area contributed by atoms with Crippen molar-refractivity contribution in [3.05, 3.63) is 87.9 Å². The molecule has 0 radical (unpaired) electrons. The molecule has 0 atom stereocenters. The highest BCUT2D eigenvalue weighted by Crippen LogP contribution is 2.39. The molecule has 0 aliphatic heterocycles. The molecule has 0 saturated heterocycles. The number of phenols is 1. The van der Waals surface area contributed by atoms with E-state index in [1.165, 1.54) is 12.1 Å². The molecule has 0 aliphatic rings. The smallest absolute Gasteiger partial charge is 0.257 e. The number of carbonyl (C=O) groups excluding carboxylic acids is 2. The van der Waals surface area contributed by atoms with Crippen LogP contribution in [0.3, 0.4) is 0 Å². The zero-order valence-electron chi connectivity index (χ0n) is 16.2. The highest BCUT2D eigenvalue weighted by Gasteiger charge is 2.16. The number of hydrogen-bond donors (Lipinski definition) is 3. The Labute approximate surface area is 196 Å². The van der Waals surface area contributed by atoms with Crippen LogP contribution >= 0.6 is 34.5 Å². The fourth-order valence-corrected chi connectivity index (χ4v) is 4.03. The van der Waals surface area contributed by atoms with Gasteiger partial charge in [-0.3, -0.25) is 14.9 Å². The van der Waals surface area contributed by atoms with Crippen LogP contribution in [0.25, 0.3) is 10.6 Å². The molecule has 0 aliphatic carbocycles. The lowest BCUT2D eigenvalue weighted by Gasteiger charge is -2.06. The number of amides is 2. The van der Waals surface area contributed by atoms with Gasteiger partial charge in [-0.25, -0.2) is 0 Å². The second-order valence-electron chi connectivity index (χ2n) is 6.55. The molecule has 1 aromatic heterocycles. The maximum absolute atomic E-state index is 12.5. The number of benzene rings is 3. The van der Waals surface area contributed by atoms with E-state index in [9.17, 15) is 14.7 Å². The van der Waals surface area contributed by atoms with E-state index in [1.54, 1.807) is 36.4 Å². The van der Waals surface area contributed by atoms with Crippen molar-refractivity contribution >= 4 is 57.2 Å². The van der Waals surface area contributed by atoms with Gasteiger partial charge in [0.2, 0.25) is 5.13 Å². The van der Waals surface area contributed by atoms with Crippen molar-refractivity contribution in [3.8, 4) is 16.3 Å². The first-order valence-corrected chi connectivity index (χ1v) is 10.8. The summed E-state index contributed by atoms with van der Waals surface area (Å²) in [6, 6.07) is 18.2. The second kappa shape index (κ2) is 9.35. The lowest BCUT2D eigenvalue weighted by Crippen LogP contribution is -2.14. The van der Waals surface area contributed by atoms with E-state index in [1.807, 2.05) is 18.2 Å². The van der Waals surface area contributed by atoms with Crippen molar-refractivity contribution in [3.63, 3.8) is 0 Å².